The van der Waals surface area contributed by atoms with Crippen molar-refractivity contribution in [1.29, 1.82) is 0 Å². The number of carboxylic acid groups (broad SMARTS) is 1. The largest absolute Gasteiger partial charge is 0.481 e. The van der Waals surface area contributed by atoms with Crippen LogP contribution < -0.4 is 0 Å². The molecule has 0 bridgehead atoms. The molecule has 0 saturated heterocycles. The van der Waals surface area contributed by atoms with Crippen molar-refractivity contribution in [2.45, 2.75) is 69.4 Å². The lowest BCUT2D eigenvalue weighted by Crippen LogP contribution is -2.79. The van der Waals surface area contributed by atoms with E-state index in [0.29, 0.717) is 19.3 Å². The Balaban J connectivity index is 2.21. The number of aliphatic carboxylic acids is 1. The maximum absolute atomic E-state index is 12.1. The molecule has 3 rings (SSSR count). The van der Waals surface area contributed by atoms with E-state index in [1.54, 1.807) is 13.0 Å². The minimum atomic E-state index is -1.86. The number of hydrogen-bond donors (Lipinski definition) is 5. The molecule has 0 aliphatic heterocycles. The highest BCUT2D eigenvalue weighted by Crippen LogP contribution is 2.68. The van der Waals surface area contributed by atoms with E-state index in [1.807, 2.05) is 0 Å². The number of fused-ring (bicyclic) bond motifs is 3. The van der Waals surface area contributed by atoms with Crippen LogP contribution in [0.1, 0.15) is 46.0 Å². The van der Waals surface area contributed by atoms with Crippen molar-refractivity contribution in [3.05, 3.63) is 24.8 Å². The van der Waals surface area contributed by atoms with Gasteiger partial charge in [-0.15, -0.1) is 6.58 Å². The second-order valence-electron chi connectivity index (χ2n) is 8.91. The third kappa shape index (κ3) is 1.93. The van der Waals surface area contributed by atoms with Gasteiger partial charge in [0.25, 0.3) is 0 Å². The number of carboxylic acids is 1. The standard InChI is InChI=1S/C20H30O6/c1-5-12-11(2)6-7-13-17(3)9-8-14(21)18(4,16(23)24)19(17,25)10-15(22)20(12,13)26/h5,12-15,21-22,25-26H,1-2,6-10H2,3-4H3,(H,23,24)/t12-,13+,14+,15-,17+,18+,19-,20+/m0/s1. The van der Waals surface area contributed by atoms with Crippen LogP contribution in [0, 0.1) is 22.7 Å². The smallest absolute Gasteiger partial charge is 0.314 e. The second kappa shape index (κ2) is 5.64. The van der Waals surface area contributed by atoms with Gasteiger partial charge in [-0.1, -0.05) is 25.2 Å². The highest BCUT2D eigenvalue weighted by atomic mass is 16.4. The quantitative estimate of drug-likeness (QED) is 0.469. The van der Waals surface area contributed by atoms with Gasteiger partial charge in [0, 0.05) is 17.8 Å². The molecule has 0 unspecified atom stereocenters. The molecule has 0 radical (unpaired) electrons. The number of rotatable bonds is 2. The van der Waals surface area contributed by atoms with Crippen LogP contribution in [0.4, 0.5) is 0 Å². The van der Waals surface area contributed by atoms with Gasteiger partial charge < -0.3 is 25.5 Å². The lowest BCUT2D eigenvalue weighted by atomic mass is 9.38. The van der Waals surface area contributed by atoms with Crippen LogP contribution in [0.15, 0.2) is 24.8 Å². The van der Waals surface area contributed by atoms with Crippen molar-refractivity contribution < 1.29 is 30.3 Å². The summed E-state index contributed by atoms with van der Waals surface area (Å²) in [6.45, 7) is 10.9. The minimum absolute atomic E-state index is 0.212. The van der Waals surface area contributed by atoms with Crippen molar-refractivity contribution in [2.24, 2.45) is 22.7 Å². The van der Waals surface area contributed by atoms with Crippen LogP contribution in [0.5, 0.6) is 0 Å². The molecule has 8 atom stereocenters. The van der Waals surface area contributed by atoms with Crippen molar-refractivity contribution in [2.75, 3.05) is 0 Å². The first-order valence-corrected chi connectivity index (χ1v) is 9.25. The highest BCUT2D eigenvalue weighted by Gasteiger charge is 2.76. The first-order valence-electron chi connectivity index (χ1n) is 9.25. The molecule has 3 aliphatic carbocycles. The van der Waals surface area contributed by atoms with E-state index in [1.165, 1.54) is 6.92 Å². The van der Waals surface area contributed by atoms with Gasteiger partial charge in [0.1, 0.15) is 11.0 Å². The van der Waals surface area contributed by atoms with E-state index >= 15 is 0 Å². The third-order valence-electron chi connectivity index (χ3n) is 8.13. The maximum Gasteiger partial charge on any atom is 0.314 e. The molecule has 0 heterocycles. The summed E-state index contributed by atoms with van der Waals surface area (Å²) < 4.78 is 0. The lowest BCUT2D eigenvalue weighted by molar-refractivity contribution is -0.323. The average Bonchev–Trinajstić information content (AvgIpc) is 2.56. The van der Waals surface area contributed by atoms with Crippen molar-refractivity contribution in [3.8, 4) is 0 Å². The molecule has 0 spiro atoms. The van der Waals surface area contributed by atoms with Gasteiger partial charge in [-0.25, -0.2) is 0 Å². The molecule has 6 heteroatoms. The Morgan fingerprint density at radius 2 is 1.81 bits per heavy atom. The van der Waals surface area contributed by atoms with E-state index in [4.69, 9.17) is 0 Å². The monoisotopic (exact) mass is 366 g/mol. The van der Waals surface area contributed by atoms with E-state index in [-0.39, 0.29) is 12.8 Å². The Kier molecular flexibility index (Phi) is 4.24. The normalized spacial score (nSPS) is 54.2. The molecule has 5 N–H and O–H groups in total. The summed E-state index contributed by atoms with van der Waals surface area (Å²) >= 11 is 0. The molecule has 26 heavy (non-hydrogen) atoms. The zero-order valence-electron chi connectivity index (χ0n) is 15.5. The van der Waals surface area contributed by atoms with E-state index in [0.717, 1.165) is 5.57 Å². The third-order valence-corrected chi connectivity index (χ3v) is 8.13. The van der Waals surface area contributed by atoms with Gasteiger partial charge >= 0.3 is 5.97 Å². The minimum Gasteiger partial charge on any atom is -0.481 e. The molecule has 146 valence electrons. The predicted molar refractivity (Wildman–Crippen MR) is 95.2 cm³/mol. The first kappa shape index (κ1) is 19.5. The van der Waals surface area contributed by atoms with E-state index in [9.17, 15) is 30.3 Å². The lowest BCUT2D eigenvalue weighted by Gasteiger charge is -2.69. The fourth-order valence-electron chi connectivity index (χ4n) is 6.36. The molecule has 0 aromatic carbocycles. The highest BCUT2D eigenvalue weighted by molar-refractivity contribution is 5.77. The zero-order chi connectivity index (χ0) is 19.7. The Hall–Kier alpha value is -1.21. The van der Waals surface area contributed by atoms with Gasteiger partial charge in [-0.05, 0) is 38.5 Å². The number of aliphatic hydroxyl groups is 4. The second-order valence-corrected chi connectivity index (χ2v) is 8.91. The van der Waals surface area contributed by atoms with Crippen molar-refractivity contribution in [3.63, 3.8) is 0 Å². The summed E-state index contributed by atoms with van der Waals surface area (Å²) in [6.07, 6.45) is 0.344. The summed E-state index contributed by atoms with van der Waals surface area (Å²) in [5.74, 6) is -2.36. The molecular weight excluding hydrogens is 336 g/mol. The fourth-order valence-corrected chi connectivity index (χ4v) is 6.36. The van der Waals surface area contributed by atoms with Gasteiger partial charge in [0.15, 0.2) is 0 Å². The summed E-state index contributed by atoms with van der Waals surface area (Å²) in [4.78, 5) is 12.1. The first-order chi connectivity index (χ1) is 11.9. The topological polar surface area (TPSA) is 118 Å². The van der Waals surface area contributed by atoms with E-state index in [2.05, 4.69) is 13.2 Å². The Bertz CT molecular complexity index is 661. The van der Waals surface area contributed by atoms with Crippen LogP contribution in [-0.4, -0.2) is 54.9 Å². The van der Waals surface area contributed by atoms with Crippen LogP contribution in [0.25, 0.3) is 0 Å². The molecule has 0 aromatic rings. The number of carbonyl (C=O) groups is 1. The molecule has 3 saturated carbocycles. The van der Waals surface area contributed by atoms with Crippen LogP contribution in [0.2, 0.25) is 0 Å². The van der Waals surface area contributed by atoms with Crippen molar-refractivity contribution in [1.82, 2.24) is 0 Å². The van der Waals surface area contributed by atoms with Crippen molar-refractivity contribution >= 4 is 5.97 Å². The maximum atomic E-state index is 12.1. The molecule has 0 amide bonds. The molecule has 6 nitrogen and oxygen atoms in total. The molecular formula is C20H30O6. The Morgan fingerprint density at radius 3 is 2.35 bits per heavy atom. The van der Waals surface area contributed by atoms with Crippen LogP contribution >= 0.6 is 0 Å². The van der Waals surface area contributed by atoms with Crippen LogP contribution in [0.3, 0.4) is 0 Å². The Labute approximate surface area is 153 Å². The summed E-state index contributed by atoms with van der Waals surface area (Å²) in [5.41, 5.74) is -5.44. The molecule has 3 aliphatic rings. The molecule has 3 fully saturated rings. The summed E-state index contributed by atoms with van der Waals surface area (Å²) in [5, 5.41) is 54.6. The van der Waals surface area contributed by atoms with Gasteiger partial charge in [-0.3, -0.25) is 4.79 Å². The van der Waals surface area contributed by atoms with Gasteiger partial charge in [-0.2, -0.15) is 0 Å². The SMILES string of the molecule is C=C[C@H]1C(=C)CC[C@H]2[C@@]1(O)[C@@H](O)C[C@@]1(O)[C@@](C)(C(=O)O)[C@H](O)CC[C@]21C. The summed E-state index contributed by atoms with van der Waals surface area (Å²) in [6, 6.07) is 0. The number of hydrogen-bond acceptors (Lipinski definition) is 5. The summed E-state index contributed by atoms with van der Waals surface area (Å²) in [7, 11) is 0. The van der Waals surface area contributed by atoms with Gasteiger partial charge in [0.2, 0.25) is 0 Å². The predicted octanol–water partition coefficient (Wildman–Crippen LogP) is 1.23. The Morgan fingerprint density at radius 1 is 1.19 bits per heavy atom. The zero-order valence-corrected chi connectivity index (χ0v) is 15.5. The fraction of sp³-hybridized carbons (Fsp3) is 0.750. The average molecular weight is 366 g/mol. The number of aliphatic hydroxyl groups excluding tert-OH is 2. The van der Waals surface area contributed by atoms with E-state index < -0.39 is 52.0 Å². The molecule has 0 aromatic heterocycles. The van der Waals surface area contributed by atoms with Gasteiger partial charge in [0.05, 0.1) is 17.8 Å². The van der Waals surface area contributed by atoms with Crippen LogP contribution in [-0.2, 0) is 4.79 Å².